The van der Waals surface area contributed by atoms with E-state index in [1.165, 1.54) is 0 Å². The minimum atomic E-state index is -0.471. The molecule has 5 rings (SSSR count). The number of nitrogens with zero attached hydrogens (tertiary/aromatic N) is 7. The molecule has 0 radical (unpaired) electrons. The number of aromatic nitrogens is 5. The van der Waals surface area contributed by atoms with Gasteiger partial charge in [0.25, 0.3) is 0 Å². The molecule has 11 heteroatoms. The Labute approximate surface area is 198 Å². The van der Waals surface area contributed by atoms with Crippen LogP contribution in [0.1, 0.15) is 26.5 Å². The largest absolute Gasteiger partial charge is 0.444 e. The summed E-state index contributed by atoms with van der Waals surface area (Å²) in [7, 11) is 0. The molecule has 2 saturated heterocycles. The summed E-state index contributed by atoms with van der Waals surface area (Å²) in [5, 5.41) is 11.4. The fourth-order valence-electron chi connectivity index (χ4n) is 4.24. The van der Waals surface area contributed by atoms with E-state index in [4.69, 9.17) is 14.7 Å². The van der Waals surface area contributed by atoms with Crippen LogP contribution in [0, 0.1) is 6.92 Å². The zero-order valence-electron chi connectivity index (χ0n) is 20.1. The molecule has 3 aromatic rings. The number of fused-ring (bicyclic) bond motifs is 1. The molecule has 3 aromatic heterocycles. The van der Waals surface area contributed by atoms with E-state index in [1.807, 2.05) is 45.9 Å². The lowest BCUT2D eigenvalue weighted by molar-refractivity contribution is 0.00871. The molecule has 0 bridgehead atoms. The summed E-state index contributed by atoms with van der Waals surface area (Å²) in [6.45, 7) is 12.3. The van der Waals surface area contributed by atoms with Gasteiger partial charge in [0.15, 0.2) is 11.5 Å². The van der Waals surface area contributed by atoms with Crippen LogP contribution in [-0.2, 0) is 4.74 Å². The predicted octanol–water partition coefficient (Wildman–Crippen LogP) is 2.54. The van der Waals surface area contributed by atoms with E-state index in [0.717, 1.165) is 37.3 Å². The third kappa shape index (κ3) is 4.74. The van der Waals surface area contributed by atoms with Crippen LogP contribution in [0.4, 0.5) is 22.4 Å². The highest BCUT2D eigenvalue weighted by Gasteiger charge is 2.36. The molecule has 0 spiro atoms. The molecule has 0 aliphatic carbocycles. The number of piperazine rings is 1. The molecule has 11 nitrogen and oxygen atoms in total. The van der Waals surface area contributed by atoms with E-state index >= 15 is 0 Å². The number of amides is 1. The highest BCUT2D eigenvalue weighted by Crippen LogP contribution is 2.28. The van der Waals surface area contributed by atoms with Gasteiger partial charge in [-0.1, -0.05) is 0 Å². The number of carbonyl (C=O) groups is 1. The quantitative estimate of drug-likeness (QED) is 0.600. The number of H-pyrrole nitrogens is 1. The Hall–Kier alpha value is -3.47. The number of ether oxygens (including phenoxy) is 1. The highest BCUT2D eigenvalue weighted by atomic mass is 16.6. The molecule has 0 aromatic carbocycles. The van der Waals surface area contributed by atoms with Gasteiger partial charge in [-0.2, -0.15) is 15.1 Å². The van der Waals surface area contributed by atoms with Gasteiger partial charge in [-0.15, -0.1) is 0 Å². The third-order valence-electron chi connectivity index (χ3n) is 6.04. The van der Waals surface area contributed by atoms with Gasteiger partial charge in [0.2, 0.25) is 5.95 Å². The molecule has 2 aliphatic rings. The smallest absolute Gasteiger partial charge is 0.410 e. The van der Waals surface area contributed by atoms with Gasteiger partial charge in [0.1, 0.15) is 11.4 Å². The lowest BCUT2D eigenvalue weighted by Crippen LogP contribution is -2.64. The molecular formula is C23H31N9O2. The van der Waals surface area contributed by atoms with Crippen LogP contribution in [0.5, 0.6) is 0 Å². The highest BCUT2D eigenvalue weighted by molar-refractivity contribution is 5.89. The summed E-state index contributed by atoms with van der Waals surface area (Å²) in [5.74, 6) is 2.05. The average molecular weight is 466 g/mol. The van der Waals surface area contributed by atoms with Gasteiger partial charge in [-0.05, 0) is 39.8 Å². The normalized spacial score (nSPS) is 17.6. The monoisotopic (exact) mass is 465 g/mol. The van der Waals surface area contributed by atoms with Gasteiger partial charge in [0.05, 0.1) is 5.39 Å². The summed E-state index contributed by atoms with van der Waals surface area (Å²) in [5.41, 5.74) is 1.15. The molecule has 2 aliphatic heterocycles. The van der Waals surface area contributed by atoms with Crippen molar-refractivity contribution in [2.75, 3.05) is 49.5 Å². The topological polar surface area (TPSA) is 115 Å². The van der Waals surface area contributed by atoms with E-state index in [1.54, 1.807) is 11.1 Å². The summed E-state index contributed by atoms with van der Waals surface area (Å²) in [4.78, 5) is 32.7. The maximum absolute atomic E-state index is 12.3. The Kier molecular flexibility index (Phi) is 5.72. The first kappa shape index (κ1) is 22.3. The van der Waals surface area contributed by atoms with Crippen molar-refractivity contribution in [3.05, 3.63) is 30.1 Å². The number of anilines is 3. The van der Waals surface area contributed by atoms with Gasteiger partial charge >= 0.3 is 6.09 Å². The van der Waals surface area contributed by atoms with Crippen molar-refractivity contribution in [2.24, 2.45) is 0 Å². The molecule has 180 valence electrons. The van der Waals surface area contributed by atoms with Crippen LogP contribution in [0.3, 0.4) is 0 Å². The second-order valence-electron chi connectivity index (χ2n) is 9.87. The molecule has 5 heterocycles. The number of rotatable bonds is 4. The fourth-order valence-corrected chi connectivity index (χ4v) is 4.24. The maximum Gasteiger partial charge on any atom is 0.410 e. The van der Waals surface area contributed by atoms with Crippen LogP contribution in [0.25, 0.3) is 11.0 Å². The van der Waals surface area contributed by atoms with Crippen molar-refractivity contribution in [3.8, 4) is 0 Å². The molecule has 0 unspecified atom stereocenters. The zero-order valence-corrected chi connectivity index (χ0v) is 20.1. The lowest BCUT2D eigenvalue weighted by atomic mass is 10.1. The Morgan fingerprint density at radius 3 is 2.62 bits per heavy atom. The number of carbonyl (C=O) groups excluding carboxylic acids is 1. The number of aromatic amines is 1. The van der Waals surface area contributed by atoms with Crippen molar-refractivity contribution >= 4 is 34.7 Å². The standard InChI is InChI=1S/C23H31N9O2/c1-15-12-18(29-28-15)25-20-17-6-5-7-24-19(17)26-21(27-20)32-13-16(14-32)30-8-10-31(11-9-30)22(33)34-23(2,3)4/h5-7,12,16H,8-11,13-14H2,1-4H3,(H2,24,25,26,27,28,29). The van der Waals surface area contributed by atoms with Crippen molar-refractivity contribution in [2.45, 2.75) is 39.3 Å². The van der Waals surface area contributed by atoms with E-state index in [9.17, 15) is 4.79 Å². The van der Waals surface area contributed by atoms with Gasteiger partial charge in [-0.25, -0.2) is 9.78 Å². The molecule has 0 atom stereocenters. The molecular weight excluding hydrogens is 434 g/mol. The van der Waals surface area contributed by atoms with Crippen LogP contribution in [0.2, 0.25) is 0 Å². The van der Waals surface area contributed by atoms with Crippen molar-refractivity contribution in [3.63, 3.8) is 0 Å². The summed E-state index contributed by atoms with van der Waals surface area (Å²) < 4.78 is 5.50. The summed E-state index contributed by atoms with van der Waals surface area (Å²) >= 11 is 0. The first-order valence-corrected chi connectivity index (χ1v) is 11.6. The lowest BCUT2D eigenvalue weighted by Gasteiger charge is -2.48. The molecule has 2 fully saturated rings. The van der Waals surface area contributed by atoms with Gasteiger partial charge < -0.3 is 19.9 Å². The molecule has 2 N–H and O–H groups in total. The third-order valence-corrected chi connectivity index (χ3v) is 6.04. The minimum Gasteiger partial charge on any atom is -0.444 e. The van der Waals surface area contributed by atoms with Gasteiger partial charge in [0, 0.05) is 63.3 Å². The fraction of sp³-hybridized carbons (Fsp3) is 0.522. The van der Waals surface area contributed by atoms with E-state index in [-0.39, 0.29) is 6.09 Å². The Morgan fingerprint density at radius 2 is 1.94 bits per heavy atom. The minimum absolute atomic E-state index is 0.230. The number of nitrogens with one attached hydrogen (secondary N) is 2. The molecule has 34 heavy (non-hydrogen) atoms. The Bertz CT molecular complexity index is 1170. The van der Waals surface area contributed by atoms with Crippen molar-refractivity contribution < 1.29 is 9.53 Å². The Morgan fingerprint density at radius 1 is 1.18 bits per heavy atom. The number of hydrogen-bond donors (Lipinski definition) is 2. The van der Waals surface area contributed by atoms with E-state index in [0.29, 0.717) is 42.4 Å². The maximum atomic E-state index is 12.3. The second kappa shape index (κ2) is 8.71. The first-order chi connectivity index (χ1) is 16.2. The van der Waals surface area contributed by atoms with E-state index in [2.05, 4.69) is 30.3 Å². The number of aryl methyl sites for hydroxylation is 1. The van der Waals surface area contributed by atoms with Crippen LogP contribution >= 0.6 is 0 Å². The summed E-state index contributed by atoms with van der Waals surface area (Å²) in [6.07, 6.45) is 1.51. The predicted molar refractivity (Wildman–Crippen MR) is 129 cm³/mol. The zero-order chi connectivity index (χ0) is 23.9. The molecule has 0 saturated carbocycles. The van der Waals surface area contributed by atoms with Gasteiger partial charge in [-0.3, -0.25) is 10.00 Å². The van der Waals surface area contributed by atoms with E-state index < -0.39 is 5.60 Å². The van der Waals surface area contributed by atoms with Crippen LogP contribution < -0.4 is 10.2 Å². The van der Waals surface area contributed by atoms with Crippen molar-refractivity contribution in [1.29, 1.82) is 0 Å². The average Bonchev–Trinajstić information content (AvgIpc) is 3.16. The van der Waals surface area contributed by atoms with Crippen LogP contribution in [-0.4, -0.2) is 92.0 Å². The SMILES string of the molecule is Cc1cc(Nc2nc(N3CC(N4CCN(C(=O)OC(C)(C)C)CC4)C3)nc3ncccc23)n[nH]1. The van der Waals surface area contributed by atoms with Crippen LogP contribution in [0.15, 0.2) is 24.4 Å². The first-order valence-electron chi connectivity index (χ1n) is 11.6. The number of hydrogen-bond acceptors (Lipinski definition) is 9. The Balaban J connectivity index is 1.23. The summed E-state index contributed by atoms with van der Waals surface area (Å²) in [6, 6.07) is 6.18. The number of pyridine rings is 1. The second-order valence-corrected chi connectivity index (χ2v) is 9.87. The molecule has 1 amide bonds. The van der Waals surface area contributed by atoms with Crippen molar-refractivity contribution in [1.82, 2.24) is 34.9 Å².